The van der Waals surface area contributed by atoms with Crippen molar-refractivity contribution in [2.75, 3.05) is 0 Å². The monoisotopic (exact) mass is 544 g/mol. The fraction of sp³-hybridized carbons (Fsp3) is 0.0417. The van der Waals surface area contributed by atoms with E-state index in [0.29, 0.717) is 32.3 Å². The third-order valence-corrected chi connectivity index (χ3v) is 6.29. The Labute approximate surface area is 206 Å². The van der Waals surface area contributed by atoms with E-state index in [1.165, 1.54) is 12.1 Å². The fourth-order valence-corrected chi connectivity index (χ4v) is 4.30. The molecule has 1 saturated heterocycles. The van der Waals surface area contributed by atoms with Gasteiger partial charge in [0.05, 0.1) is 9.38 Å². The summed E-state index contributed by atoms with van der Waals surface area (Å²) in [6.07, 6.45) is 1.70. The van der Waals surface area contributed by atoms with E-state index >= 15 is 0 Å². The standard InChI is InChI=1S/C24H15BrClFN2O3S/c25-19-11-15(3-10-20(19)32-13-14-1-8-18(27)9-2-14)12-21-23(31)29-24(33-21)28-22(30)16-4-6-17(26)7-5-16/h1-12H,13H2,(H,28,29,30,31)/b21-12-. The maximum Gasteiger partial charge on any atom is 0.279 e. The Hall–Kier alpha value is -2.94. The second-order valence-electron chi connectivity index (χ2n) is 6.90. The van der Waals surface area contributed by atoms with E-state index in [4.69, 9.17) is 16.3 Å². The van der Waals surface area contributed by atoms with Gasteiger partial charge in [-0.15, -0.1) is 0 Å². The summed E-state index contributed by atoms with van der Waals surface area (Å²) in [7, 11) is 0. The summed E-state index contributed by atoms with van der Waals surface area (Å²) in [5, 5.41) is 3.33. The van der Waals surface area contributed by atoms with Gasteiger partial charge in [0, 0.05) is 10.6 Å². The van der Waals surface area contributed by atoms with E-state index in [-0.39, 0.29) is 16.9 Å². The molecule has 1 heterocycles. The number of hydrogen-bond acceptors (Lipinski definition) is 4. The Kier molecular flexibility index (Phi) is 7.27. The van der Waals surface area contributed by atoms with Gasteiger partial charge in [-0.1, -0.05) is 29.8 Å². The van der Waals surface area contributed by atoms with Crippen LogP contribution in [0.5, 0.6) is 5.75 Å². The molecule has 0 unspecified atom stereocenters. The summed E-state index contributed by atoms with van der Waals surface area (Å²) in [5.41, 5.74) is 1.98. The van der Waals surface area contributed by atoms with Crippen LogP contribution < -0.4 is 10.1 Å². The van der Waals surface area contributed by atoms with Crippen LogP contribution in [-0.2, 0) is 11.4 Å². The number of halogens is 3. The molecule has 1 aliphatic heterocycles. The minimum absolute atomic E-state index is 0.213. The maximum absolute atomic E-state index is 13.0. The Morgan fingerprint density at radius 2 is 1.85 bits per heavy atom. The number of hydrogen-bond donors (Lipinski definition) is 1. The molecule has 5 nitrogen and oxygen atoms in total. The number of carbonyl (C=O) groups excluding carboxylic acids is 2. The topological polar surface area (TPSA) is 67.8 Å². The molecule has 3 aromatic carbocycles. The van der Waals surface area contributed by atoms with Crippen LogP contribution in [-0.4, -0.2) is 17.0 Å². The first-order valence-corrected chi connectivity index (χ1v) is 11.6. The van der Waals surface area contributed by atoms with Gasteiger partial charge >= 0.3 is 0 Å². The summed E-state index contributed by atoms with van der Waals surface area (Å²) < 4.78 is 19.5. The molecular formula is C24H15BrClFN2O3S. The molecule has 0 saturated carbocycles. The Morgan fingerprint density at radius 3 is 2.55 bits per heavy atom. The molecule has 2 amide bonds. The van der Waals surface area contributed by atoms with Gasteiger partial charge in [-0.3, -0.25) is 9.59 Å². The van der Waals surface area contributed by atoms with Crippen LogP contribution in [0.2, 0.25) is 5.02 Å². The maximum atomic E-state index is 13.0. The molecule has 33 heavy (non-hydrogen) atoms. The Balaban J connectivity index is 1.43. The molecule has 0 atom stereocenters. The number of ether oxygens (including phenoxy) is 1. The van der Waals surface area contributed by atoms with Crippen LogP contribution in [0.1, 0.15) is 21.5 Å². The van der Waals surface area contributed by atoms with E-state index in [1.54, 1.807) is 54.6 Å². The average molecular weight is 546 g/mol. The normalized spacial score (nSPS) is 15.7. The van der Waals surface area contributed by atoms with Crippen molar-refractivity contribution in [3.05, 3.63) is 104 Å². The first-order chi connectivity index (χ1) is 15.9. The quantitative estimate of drug-likeness (QED) is 0.387. The number of aliphatic imine (C=N–C) groups is 1. The molecule has 0 spiro atoms. The van der Waals surface area contributed by atoms with E-state index in [9.17, 15) is 14.0 Å². The van der Waals surface area contributed by atoms with Crippen LogP contribution in [0.4, 0.5) is 4.39 Å². The number of benzene rings is 3. The SMILES string of the molecule is O=C1NC(=NC(=O)c2ccc(Cl)cc2)S/C1=C\c1ccc(OCc2ccc(F)cc2)c(Br)c1. The number of nitrogens with one attached hydrogen (secondary N) is 1. The third-order valence-electron chi connectivity index (χ3n) is 4.51. The highest BCUT2D eigenvalue weighted by molar-refractivity contribution is 9.10. The second-order valence-corrected chi connectivity index (χ2v) is 9.22. The van der Waals surface area contributed by atoms with Gasteiger partial charge in [-0.05, 0) is 93.4 Å². The first kappa shape index (κ1) is 23.2. The average Bonchev–Trinajstić information content (AvgIpc) is 3.13. The van der Waals surface area contributed by atoms with Gasteiger partial charge in [0.2, 0.25) is 0 Å². The largest absolute Gasteiger partial charge is 0.488 e. The number of rotatable bonds is 5. The van der Waals surface area contributed by atoms with Crippen molar-refractivity contribution in [1.29, 1.82) is 0 Å². The lowest BCUT2D eigenvalue weighted by molar-refractivity contribution is -0.115. The predicted molar refractivity (Wildman–Crippen MR) is 132 cm³/mol. The van der Waals surface area contributed by atoms with E-state index in [2.05, 4.69) is 26.2 Å². The van der Waals surface area contributed by atoms with E-state index in [0.717, 1.165) is 22.9 Å². The Bertz CT molecular complexity index is 1280. The molecule has 0 aromatic heterocycles. The minimum atomic E-state index is -0.471. The molecule has 0 aliphatic carbocycles. The van der Waals surface area contributed by atoms with Crippen molar-refractivity contribution in [3.8, 4) is 5.75 Å². The van der Waals surface area contributed by atoms with Gasteiger partial charge in [0.15, 0.2) is 5.17 Å². The second kappa shape index (κ2) is 10.3. The summed E-state index contributed by atoms with van der Waals surface area (Å²) in [6.45, 7) is 0.291. The van der Waals surface area contributed by atoms with Crippen molar-refractivity contribution < 1.29 is 18.7 Å². The summed E-state index contributed by atoms with van der Waals surface area (Å²) in [4.78, 5) is 29.0. The molecule has 9 heteroatoms. The highest BCUT2D eigenvalue weighted by Crippen LogP contribution is 2.31. The lowest BCUT2D eigenvalue weighted by Crippen LogP contribution is -2.20. The zero-order chi connectivity index (χ0) is 23.4. The van der Waals surface area contributed by atoms with Crippen molar-refractivity contribution in [2.45, 2.75) is 6.61 Å². The molecule has 1 aliphatic rings. The van der Waals surface area contributed by atoms with Gasteiger partial charge in [0.1, 0.15) is 18.2 Å². The predicted octanol–water partition coefficient (Wildman–Crippen LogP) is 6.22. The lowest BCUT2D eigenvalue weighted by atomic mass is 10.2. The van der Waals surface area contributed by atoms with Gasteiger partial charge in [-0.2, -0.15) is 4.99 Å². The van der Waals surface area contributed by atoms with Crippen molar-refractivity contribution in [2.24, 2.45) is 4.99 Å². The van der Waals surface area contributed by atoms with Gasteiger partial charge in [-0.25, -0.2) is 4.39 Å². The molecule has 166 valence electrons. The molecule has 3 aromatic rings. The number of thioether (sulfide) groups is 1. The zero-order valence-electron chi connectivity index (χ0n) is 16.8. The molecule has 1 N–H and O–H groups in total. The van der Waals surface area contributed by atoms with Crippen molar-refractivity contribution in [3.63, 3.8) is 0 Å². The van der Waals surface area contributed by atoms with Crippen LogP contribution in [0.25, 0.3) is 6.08 Å². The molecular weight excluding hydrogens is 531 g/mol. The van der Waals surface area contributed by atoms with Crippen LogP contribution >= 0.6 is 39.3 Å². The number of carbonyl (C=O) groups is 2. The highest BCUT2D eigenvalue weighted by Gasteiger charge is 2.25. The molecule has 0 bridgehead atoms. The van der Waals surface area contributed by atoms with Gasteiger partial charge in [0.25, 0.3) is 11.8 Å². The van der Waals surface area contributed by atoms with Crippen LogP contribution in [0, 0.1) is 5.82 Å². The van der Waals surface area contributed by atoms with Crippen molar-refractivity contribution in [1.82, 2.24) is 5.32 Å². The summed E-state index contributed by atoms with van der Waals surface area (Å²) >= 11 is 10.4. The van der Waals surface area contributed by atoms with Crippen molar-refractivity contribution >= 4 is 62.4 Å². The first-order valence-electron chi connectivity index (χ1n) is 9.64. The number of amidine groups is 1. The minimum Gasteiger partial charge on any atom is -0.488 e. The molecule has 1 fully saturated rings. The lowest BCUT2D eigenvalue weighted by Gasteiger charge is -2.09. The van der Waals surface area contributed by atoms with Crippen LogP contribution in [0.3, 0.4) is 0 Å². The third kappa shape index (κ3) is 6.10. The molecule has 0 radical (unpaired) electrons. The Morgan fingerprint density at radius 1 is 1.12 bits per heavy atom. The highest BCUT2D eigenvalue weighted by atomic mass is 79.9. The van der Waals surface area contributed by atoms with E-state index in [1.807, 2.05) is 6.07 Å². The zero-order valence-corrected chi connectivity index (χ0v) is 20.0. The van der Waals surface area contributed by atoms with E-state index < -0.39 is 5.91 Å². The number of nitrogens with zero attached hydrogens (tertiary/aromatic N) is 1. The summed E-state index contributed by atoms with van der Waals surface area (Å²) in [6, 6.07) is 17.8. The smallest absolute Gasteiger partial charge is 0.279 e. The summed E-state index contributed by atoms with van der Waals surface area (Å²) in [5.74, 6) is -0.494. The fourth-order valence-electron chi connectivity index (χ4n) is 2.85. The number of amides is 2. The molecule has 4 rings (SSSR count). The van der Waals surface area contributed by atoms with Gasteiger partial charge < -0.3 is 10.1 Å². The van der Waals surface area contributed by atoms with Crippen LogP contribution in [0.15, 0.2) is 81.1 Å².